The molecule has 3 aromatic rings. The monoisotopic (exact) mass is 423 g/mol. The van der Waals surface area contributed by atoms with Gasteiger partial charge < -0.3 is 19.9 Å². The zero-order chi connectivity index (χ0) is 22.0. The number of carbonyl (C=O) groups excluding carboxylic acids is 2. The van der Waals surface area contributed by atoms with E-state index in [1.54, 1.807) is 26.3 Å². The van der Waals surface area contributed by atoms with Crippen molar-refractivity contribution in [3.63, 3.8) is 0 Å². The average molecular weight is 423 g/mol. The van der Waals surface area contributed by atoms with Crippen molar-refractivity contribution >= 4 is 17.5 Å². The smallest absolute Gasteiger partial charge is 0.289 e. The molecule has 4 rings (SSSR count). The number of fused-ring (bicyclic) bond motifs is 1. The van der Waals surface area contributed by atoms with Crippen LogP contribution in [-0.2, 0) is 17.6 Å². The lowest BCUT2D eigenvalue weighted by Gasteiger charge is -2.22. The fraction of sp³-hybridized carbons (Fsp3) is 0.273. The van der Waals surface area contributed by atoms with Gasteiger partial charge in [-0.3, -0.25) is 9.59 Å². The Morgan fingerprint density at radius 1 is 1.29 bits per heavy atom. The van der Waals surface area contributed by atoms with Gasteiger partial charge in [-0.2, -0.15) is 0 Å². The summed E-state index contributed by atoms with van der Waals surface area (Å²) in [7, 11) is 3.25. The van der Waals surface area contributed by atoms with E-state index in [1.165, 1.54) is 17.0 Å². The molecule has 0 aliphatic carbocycles. The van der Waals surface area contributed by atoms with Crippen LogP contribution in [0.3, 0.4) is 0 Å². The molecule has 0 unspecified atom stereocenters. The van der Waals surface area contributed by atoms with Crippen LogP contribution in [0.5, 0.6) is 5.75 Å². The summed E-state index contributed by atoms with van der Waals surface area (Å²) < 4.78 is 18.6. The van der Waals surface area contributed by atoms with Crippen LogP contribution in [-0.4, -0.2) is 47.2 Å². The molecule has 2 N–H and O–H groups in total. The van der Waals surface area contributed by atoms with Gasteiger partial charge in [0.1, 0.15) is 23.4 Å². The molecule has 1 atom stereocenters. The first-order chi connectivity index (χ1) is 14.9. The number of carbonyl (C=O) groups is 2. The molecule has 160 valence electrons. The van der Waals surface area contributed by atoms with Crippen molar-refractivity contribution in [3.8, 4) is 5.75 Å². The van der Waals surface area contributed by atoms with E-state index in [0.29, 0.717) is 36.4 Å². The van der Waals surface area contributed by atoms with Crippen molar-refractivity contribution < 1.29 is 18.7 Å². The molecule has 0 spiro atoms. The van der Waals surface area contributed by atoms with Crippen molar-refractivity contribution in [1.29, 1.82) is 0 Å². The minimum Gasteiger partial charge on any atom is -0.497 e. The Balaban J connectivity index is 1.45. The molecule has 2 aromatic carbocycles. The maximum atomic E-state index is 13.4. The van der Waals surface area contributed by atoms with Crippen molar-refractivity contribution in [1.82, 2.24) is 20.5 Å². The highest BCUT2D eigenvalue weighted by molar-refractivity contribution is 6.02. The third kappa shape index (κ3) is 4.40. The van der Waals surface area contributed by atoms with Crippen LogP contribution in [0.4, 0.5) is 10.1 Å². The Morgan fingerprint density at radius 2 is 2.13 bits per heavy atom. The van der Waals surface area contributed by atoms with Gasteiger partial charge >= 0.3 is 0 Å². The Labute approximate surface area is 178 Å². The molecule has 2 amide bonds. The number of benzene rings is 2. The van der Waals surface area contributed by atoms with Gasteiger partial charge in [-0.15, -0.1) is 10.2 Å². The molecule has 2 heterocycles. The summed E-state index contributed by atoms with van der Waals surface area (Å²) in [5.74, 6) is 0.0101. The van der Waals surface area contributed by atoms with Crippen LogP contribution >= 0.6 is 0 Å². The lowest BCUT2D eigenvalue weighted by atomic mass is 10.1. The highest BCUT2D eigenvalue weighted by atomic mass is 19.1. The molecule has 0 radical (unpaired) electrons. The third-order valence-electron chi connectivity index (χ3n) is 5.30. The normalized spacial score (nSPS) is 15.9. The maximum Gasteiger partial charge on any atom is 0.289 e. The van der Waals surface area contributed by atoms with E-state index in [9.17, 15) is 14.0 Å². The Morgan fingerprint density at radius 3 is 2.90 bits per heavy atom. The van der Waals surface area contributed by atoms with Gasteiger partial charge in [-0.1, -0.05) is 18.2 Å². The number of nitrogens with one attached hydrogen (secondary N) is 2. The summed E-state index contributed by atoms with van der Waals surface area (Å²) in [6, 6.07) is 11.0. The van der Waals surface area contributed by atoms with Crippen molar-refractivity contribution in [2.24, 2.45) is 0 Å². The topological polar surface area (TPSA) is 100 Å². The molecule has 0 bridgehead atoms. The lowest BCUT2D eigenvalue weighted by Crippen LogP contribution is -2.47. The van der Waals surface area contributed by atoms with Crippen molar-refractivity contribution in [2.75, 3.05) is 19.1 Å². The Bertz CT molecular complexity index is 1130. The molecule has 1 aliphatic rings. The number of halogens is 1. The quantitative estimate of drug-likeness (QED) is 0.656. The number of H-pyrrole nitrogens is 1. The average Bonchev–Trinajstić information content (AvgIpc) is 3.20. The van der Waals surface area contributed by atoms with E-state index in [4.69, 9.17) is 4.74 Å². The number of rotatable bonds is 5. The predicted octanol–water partition coefficient (Wildman–Crippen LogP) is 2.25. The minimum atomic E-state index is -0.701. The van der Waals surface area contributed by atoms with Crippen LogP contribution in [0.25, 0.3) is 0 Å². The largest absolute Gasteiger partial charge is 0.497 e. The summed E-state index contributed by atoms with van der Waals surface area (Å²) in [6.45, 7) is 0. The molecular formula is C22H22FN5O3. The molecule has 1 aliphatic heterocycles. The summed E-state index contributed by atoms with van der Waals surface area (Å²) in [5, 5.41) is 10.6. The molecular weight excluding hydrogens is 401 g/mol. The van der Waals surface area contributed by atoms with Crippen LogP contribution in [0.1, 0.15) is 34.0 Å². The number of ether oxygens (including phenoxy) is 1. The number of hydrogen-bond donors (Lipinski definition) is 2. The minimum absolute atomic E-state index is 0.00489. The first-order valence-electron chi connectivity index (χ1n) is 9.86. The molecule has 0 saturated carbocycles. The number of aromatic amines is 1. The fourth-order valence-electron chi connectivity index (χ4n) is 3.65. The number of aryl methyl sites for hydroxylation is 1. The summed E-state index contributed by atoms with van der Waals surface area (Å²) in [4.78, 5) is 30.0. The van der Waals surface area contributed by atoms with Gasteiger partial charge in [0.15, 0.2) is 0 Å². The second kappa shape index (κ2) is 8.55. The number of likely N-dealkylation sites (N-methyl/N-ethyl adjacent to an activating group) is 1. The number of aromatic nitrogens is 3. The summed E-state index contributed by atoms with van der Waals surface area (Å²) in [5.41, 5.74) is 2.47. The number of amides is 2. The molecule has 0 fully saturated rings. The number of methoxy groups -OCH3 is 1. The molecule has 0 saturated heterocycles. The van der Waals surface area contributed by atoms with Gasteiger partial charge in [0.2, 0.25) is 11.7 Å². The first-order valence-corrected chi connectivity index (χ1v) is 9.86. The van der Waals surface area contributed by atoms with E-state index in [0.717, 1.165) is 11.3 Å². The standard InChI is InChI=1S/C22H22FN5O3/c1-28-18-12-16(31-2)8-6-14(18)7-9-17(22(28)30)24-21(29)20-25-19(26-27-20)11-13-4-3-5-15(23)10-13/h3-6,8,10,12,17H,7,9,11H2,1-2H3,(H,24,29)(H,25,26,27)/t17-/m0/s1. The highest BCUT2D eigenvalue weighted by Gasteiger charge is 2.30. The lowest BCUT2D eigenvalue weighted by molar-refractivity contribution is -0.120. The van der Waals surface area contributed by atoms with Crippen LogP contribution < -0.4 is 15.0 Å². The van der Waals surface area contributed by atoms with Gasteiger partial charge in [0.25, 0.3) is 5.91 Å². The first kappa shape index (κ1) is 20.5. The van der Waals surface area contributed by atoms with E-state index in [1.807, 2.05) is 18.2 Å². The summed E-state index contributed by atoms with van der Waals surface area (Å²) in [6.07, 6.45) is 1.39. The Hall–Kier alpha value is -3.75. The zero-order valence-corrected chi connectivity index (χ0v) is 17.2. The highest BCUT2D eigenvalue weighted by Crippen LogP contribution is 2.30. The summed E-state index contributed by atoms with van der Waals surface area (Å²) >= 11 is 0. The molecule has 8 nitrogen and oxygen atoms in total. The SMILES string of the molecule is COc1ccc2c(c1)N(C)C(=O)[C@@H](NC(=O)c1nnc(Cc3cccc(F)c3)[nH]1)CC2. The van der Waals surface area contributed by atoms with Crippen LogP contribution in [0.15, 0.2) is 42.5 Å². The van der Waals surface area contributed by atoms with Crippen LogP contribution in [0.2, 0.25) is 0 Å². The van der Waals surface area contributed by atoms with E-state index >= 15 is 0 Å². The van der Waals surface area contributed by atoms with Gasteiger partial charge in [0.05, 0.1) is 12.8 Å². The molecule has 1 aromatic heterocycles. The second-order valence-electron chi connectivity index (χ2n) is 7.38. The fourth-order valence-corrected chi connectivity index (χ4v) is 3.65. The second-order valence-corrected chi connectivity index (χ2v) is 7.38. The third-order valence-corrected chi connectivity index (χ3v) is 5.30. The number of nitrogens with zero attached hydrogens (tertiary/aromatic N) is 3. The van der Waals surface area contributed by atoms with Gasteiger partial charge in [-0.25, -0.2) is 4.39 Å². The number of hydrogen-bond acceptors (Lipinski definition) is 5. The van der Waals surface area contributed by atoms with Gasteiger partial charge in [0, 0.05) is 19.5 Å². The number of anilines is 1. The van der Waals surface area contributed by atoms with Gasteiger partial charge in [-0.05, 0) is 42.2 Å². The van der Waals surface area contributed by atoms with Crippen LogP contribution in [0, 0.1) is 5.82 Å². The van der Waals surface area contributed by atoms with E-state index in [2.05, 4.69) is 20.5 Å². The molecule has 31 heavy (non-hydrogen) atoms. The predicted molar refractivity (Wildman–Crippen MR) is 112 cm³/mol. The van der Waals surface area contributed by atoms with E-state index < -0.39 is 11.9 Å². The van der Waals surface area contributed by atoms with Crippen molar-refractivity contribution in [2.45, 2.75) is 25.3 Å². The Kier molecular flexibility index (Phi) is 5.66. The van der Waals surface area contributed by atoms with Crippen molar-refractivity contribution in [3.05, 3.63) is 71.1 Å². The maximum absolute atomic E-state index is 13.4. The zero-order valence-electron chi connectivity index (χ0n) is 17.2. The molecule has 9 heteroatoms. The van der Waals surface area contributed by atoms with E-state index in [-0.39, 0.29) is 17.5 Å².